The van der Waals surface area contributed by atoms with Gasteiger partial charge in [0.25, 0.3) is 0 Å². The first kappa shape index (κ1) is 14.4. The van der Waals surface area contributed by atoms with E-state index in [-0.39, 0.29) is 18.7 Å². The van der Waals surface area contributed by atoms with Gasteiger partial charge in [-0.1, -0.05) is 30.3 Å². The maximum atomic E-state index is 13.1. The minimum Gasteiger partial charge on any atom is -0.447 e. The van der Waals surface area contributed by atoms with Crippen molar-refractivity contribution >= 4 is 12.0 Å². The molecule has 1 aromatic rings. The predicted octanol–water partition coefficient (Wildman–Crippen LogP) is 2.70. The number of halogens is 3. The molecule has 1 heterocycles. The Bertz CT molecular complexity index is 501. The molecule has 1 atom stereocenters. The normalized spacial score (nSPS) is 16.9. The number of hydrogen-bond acceptors (Lipinski definition) is 3. The maximum Gasteiger partial charge on any atom is 0.416 e. The highest BCUT2D eigenvalue weighted by atomic mass is 19.4. The van der Waals surface area contributed by atoms with Crippen molar-refractivity contribution in [2.75, 3.05) is 13.2 Å². The monoisotopic (exact) mass is 287 g/mol. The molecule has 0 aromatic heterocycles. The van der Waals surface area contributed by atoms with Crippen LogP contribution >= 0.6 is 0 Å². The summed E-state index contributed by atoms with van der Waals surface area (Å²) < 4.78 is 43.7. The van der Waals surface area contributed by atoms with E-state index in [4.69, 9.17) is 0 Å². The van der Waals surface area contributed by atoms with Crippen LogP contribution in [0.1, 0.15) is 17.9 Å². The Morgan fingerprint density at radius 3 is 2.45 bits per heavy atom. The minimum atomic E-state index is -4.55. The molecule has 108 valence electrons. The van der Waals surface area contributed by atoms with Gasteiger partial charge in [0, 0.05) is 6.42 Å². The van der Waals surface area contributed by atoms with Crippen molar-refractivity contribution in [3.8, 4) is 0 Å². The highest BCUT2D eigenvalue weighted by Gasteiger charge is 2.43. The molecule has 0 N–H and O–H groups in total. The summed E-state index contributed by atoms with van der Waals surface area (Å²) in [4.78, 5) is 23.7. The van der Waals surface area contributed by atoms with Crippen LogP contribution in [0.15, 0.2) is 30.3 Å². The van der Waals surface area contributed by atoms with Gasteiger partial charge in [0.2, 0.25) is 5.91 Å². The summed E-state index contributed by atoms with van der Waals surface area (Å²) in [7, 11) is 0. The number of carbonyl (C=O) groups excluding carboxylic acids is 2. The molecule has 0 aliphatic carbocycles. The number of nitrogens with zero attached hydrogens (tertiary/aromatic N) is 1. The van der Waals surface area contributed by atoms with Crippen LogP contribution < -0.4 is 0 Å². The second kappa shape index (κ2) is 5.52. The van der Waals surface area contributed by atoms with Gasteiger partial charge in [0.15, 0.2) is 0 Å². The standard InChI is InChI=1S/C13H12F3NO3/c14-13(15,16)10(9-4-2-1-3-5-9)8-11(18)17-6-7-20-12(17)19/h1-5,10H,6-8H2/t10-/m0/s1. The summed E-state index contributed by atoms with van der Waals surface area (Å²) in [6.45, 7) is 0.0175. The minimum absolute atomic E-state index is 0.000847. The summed E-state index contributed by atoms with van der Waals surface area (Å²) in [5.74, 6) is -2.80. The van der Waals surface area contributed by atoms with Gasteiger partial charge in [0.05, 0.1) is 12.5 Å². The molecule has 2 amide bonds. The zero-order valence-corrected chi connectivity index (χ0v) is 10.4. The molecule has 2 rings (SSSR count). The molecule has 0 spiro atoms. The fourth-order valence-corrected chi connectivity index (χ4v) is 2.01. The smallest absolute Gasteiger partial charge is 0.416 e. The van der Waals surface area contributed by atoms with Crippen molar-refractivity contribution in [3.05, 3.63) is 35.9 Å². The third kappa shape index (κ3) is 3.09. The Kier molecular flexibility index (Phi) is 3.96. The highest BCUT2D eigenvalue weighted by molar-refractivity contribution is 5.93. The van der Waals surface area contributed by atoms with Gasteiger partial charge < -0.3 is 4.74 Å². The van der Waals surface area contributed by atoms with E-state index in [2.05, 4.69) is 4.74 Å². The molecule has 4 nitrogen and oxygen atoms in total. The van der Waals surface area contributed by atoms with Gasteiger partial charge in [-0.05, 0) is 5.56 Å². The first-order chi connectivity index (χ1) is 9.39. The zero-order chi connectivity index (χ0) is 14.8. The molecule has 1 fully saturated rings. The number of imide groups is 1. The summed E-state index contributed by atoms with van der Waals surface area (Å²) in [5.41, 5.74) is 0.000847. The molecule has 20 heavy (non-hydrogen) atoms. The van der Waals surface area contributed by atoms with Crippen molar-refractivity contribution < 1.29 is 27.5 Å². The second-order valence-corrected chi connectivity index (χ2v) is 4.37. The Balaban J connectivity index is 2.17. The average Bonchev–Trinajstić information content (AvgIpc) is 2.82. The van der Waals surface area contributed by atoms with E-state index < -0.39 is 30.5 Å². The van der Waals surface area contributed by atoms with Crippen LogP contribution in [-0.4, -0.2) is 36.2 Å². The highest BCUT2D eigenvalue weighted by Crippen LogP contribution is 2.37. The molecule has 7 heteroatoms. The molecule has 0 unspecified atom stereocenters. The zero-order valence-electron chi connectivity index (χ0n) is 10.4. The lowest BCUT2D eigenvalue weighted by Crippen LogP contribution is -2.35. The van der Waals surface area contributed by atoms with E-state index in [9.17, 15) is 22.8 Å². The molecule has 0 saturated carbocycles. The van der Waals surface area contributed by atoms with Crippen molar-refractivity contribution in [3.63, 3.8) is 0 Å². The van der Waals surface area contributed by atoms with E-state index >= 15 is 0 Å². The van der Waals surface area contributed by atoms with E-state index in [1.165, 1.54) is 24.3 Å². The SMILES string of the molecule is O=C(C[C@@H](c1ccccc1)C(F)(F)F)N1CCOC1=O. The van der Waals surface area contributed by atoms with Gasteiger partial charge in [-0.15, -0.1) is 0 Å². The van der Waals surface area contributed by atoms with Crippen molar-refractivity contribution in [1.29, 1.82) is 0 Å². The van der Waals surface area contributed by atoms with Crippen LogP contribution in [0, 0.1) is 0 Å². The number of rotatable bonds is 3. The summed E-state index contributed by atoms with van der Waals surface area (Å²) >= 11 is 0. The van der Waals surface area contributed by atoms with Crippen LogP contribution in [0.25, 0.3) is 0 Å². The molecule has 1 aliphatic rings. The second-order valence-electron chi connectivity index (χ2n) is 4.37. The van der Waals surface area contributed by atoms with E-state index in [1.807, 2.05) is 0 Å². The van der Waals surface area contributed by atoms with Gasteiger partial charge >= 0.3 is 12.3 Å². The Morgan fingerprint density at radius 2 is 1.95 bits per heavy atom. The van der Waals surface area contributed by atoms with E-state index in [1.54, 1.807) is 6.07 Å². The molecular weight excluding hydrogens is 275 g/mol. The Morgan fingerprint density at radius 1 is 1.30 bits per heavy atom. The van der Waals surface area contributed by atoms with Gasteiger partial charge in [-0.2, -0.15) is 13.2 Å². The van der Waals surface area contributed by atoms with Crippen molar-refractivity contribution in [2.45, 2.75) is 18.5 Å². The van der Waals surface area contributed by atoms with Gasteiger partial charge in [-0.25, -0.2) is 9.69 Å². The number of carbonyl (C=O) groups is 2. The first-order valence-electron chi connectivity index (χ1n) is 5.98. The van der Waals surface area contributed by atoms with Gasteiger partial charge in [0.1, 0.15) is 6.61 Å². The number of ether oxygens (including phenoxy) is 1. The van der Waals surface area contributed by atoms with Crippen LogP contribution in [0.2, 0.25) is 0 Å². The fourth-order valence-electron chi connectivity index (χ4n) is 2.01. The molecule has 1 aromatic carbocycles. The van der Waals surface area contributed by atoms with Crippen LogP contribution in [-0.2, 0) is 9.53 Å². The third-order valence-corrected chi connectivity index (χ3v) is 3.04. The van der Waals surface area contributed by atoms with Crippen LogP contribution in [0.5, 0.6) is 0 Å². The van der Waals surface area contributed by atoms with Crippen LogP contribution in [0.3, 0.4) is 0 Å². The summed E-state index contributed by atoms with van der Waals surface area (Å²) in [6, 6.07) is 7.17. The molecule has 0 radical (unpaired) electrons. The van der Waals surface area contributed by atoms with Crippen molar-refractivity contribution in [1.82, 2.24) is 4.90 Å². The van der Waals surface area contributed by atoms with E-state index in [0.29, 0.717) is 4.90 Å². The number of benzene rings is 1. The number of hydrogen-bond donors (Lipinski definition) is 0. The van der Waals surface area contributed by atoms with Gasteiger partial charge in [-0.3, -0.25) is 4.79 Å². The molecule has 1 saturated heterocycles. The lowest BCUT2D eigenvalue weighted by Gasteiger charge is -2.21. The maximum absolute atomic E-state index is 13.1. The quantitative estimate of drug-likeness (QED) is 0.858. The van der Waals surface area contributed by atoms with Crippen LogP contribution in [0.4, 0.5) is 18.0 Å². The first-order valence-corrected chi connectivity index (χ1v) is 5.98. The number of amides is 2. The summed E-state index contributed by atoms with van der Waals surface area (Å²) in [6.07, 6.45) is -6.24. The summed E-state index contributed by atoms with van der Waals surface area (Å²) in [5, 5.41) is 0. The predicted molar refractivity (Wildman–Crippen MR) is 62.9 cm³/mol. The van der Waals surface area contributed by atoms with Crippen molar-refractivity contribution in [2.24, 2.45) is 0 Å². The lowest BCUT2D eigenvalue weighted by atomic mass is 9.94. The average molecular weight is 287 g/mol. The molecule has 1 aliphatic heterocycles. The molecular formula is C13H12F3NO3. The third-order valence-electron chi connectivity index (χ3n) is 3.04. The molecule has 0 bridgehead atoms. The van der Waals surface area contributed by atoms with E-state index in [0.717, 1.165) is 0 Å². The Hall–Kier alpha value is -2.05. The largest absolute Gasteiger partial charge is 0.447 e. The Labute approximate surface area is 113 Å². The fraction of sp³-hybridized carbons (Fsp3) is 0.385. The lowest BCUT2D eigenvalue weighted by molar-refractivity contribution is -0.159. The topological polar surface area (TPSA) is 46.6 Å². The number of cyclic esters (lactones) is 1. The number of alkyl halides is 3.